The summed E-state index contributed by atoms with van der Waals surface area (Å²) < 4.78 is 37.8. The third-order valence-electron chi connectivity index (χ3n) is 3.27. The molecule has 24 heavy (non-hydrogen) atoms. The van der Waals surface area contributed by atoms with Gasteiger partial charge in [0.2, 0.25) is 0 Å². The van der Waals surface area contributed by atoms with E-state index in [-0.39, 0.29) is 27.1 Å². The molecule has 0 aliphatic rings. The third-order valence-corrected chi connectivity index (χ3v) is 4.93. The van der Waals surface area contributed by atoms with Gasteiger partial charge in [-0.25, -0.2) is 8.42 Å². The van der Waals surface area contributed by atoms with Crippen LogP contribution in [-0.2, 0) is 10.0 Å². The van der Waals surface area contributed by atoms with Crippen molar-refractivity contribution < 1.29 is 22.7 Å². The van der Waals surface area contributed by atoms with Crippen LogP contribution in [0.2, 0.25) is 5.02 Å². The van der Waals surface area contributed by atoms with Gasteiger partial charge in [0.1, 0.15) is 11.5 Å². The second-order valence-electron chi connectivity index (χ2n) is 4.88. The van der Waals surface area contributed by atoms with Crippen LogP contribution in [0.3, 0.4) is 0 Å². The zero-order chi connectivity index (χ0) is 17.9. The number of nitrogens with one attached hydrogen (secondary N) is 1. The topological polar surface area (TPSA) is 81.7 Å². The normalized spacial score (nSPS) is 11.0. The number of hydrogen-bond donors (Lipinski definition) is 1. The second kappa shape index (κ2) is 7.11. The molecule has 0 heterocycles. The van der Waals surface area contributed by atoms with Gasteiger partial charge in [0.15, 0.2) is 5.78 Å². The van der Waals surface area contributed by atoms with Crippen LogP contribution >= 0.6 is 11.6 Å². The Morgan fingerprint density at radius 1 is 1.08 bits per heavy atom. The number of methoxy groups -OCH3 is 2. The monoisotopic (exact) mass is 369 g/mol. The first-order valence-electron chi connectivity index (χ1n) is 6.84. The van der Waals surface area contributed by atoms with E-state index in [9.17, 15) is 13.2 Å². The zero-order valence-corrected chi connectivity index (χ0v) is 14.9. The highest BCUT2D eigenvalue weighted by atomic mass is 35.5. The van der Waals surface area contributed by atoms with Crippen LogP contribution in [0, 0.1) is 0 Å². The first kappa shape index (κ1) is 18.1. The summed E-state index contributed by atoms with van der Waals surface area (Å²) in [5.74, 6) is 0.317. The van der Waals surface area contributed by atoms with Crippen molar-refractivity contribution in [2.24, 2.45) is 0 Å². The molecule has 2 rings (SSSR count). The fourth-order valence-electron chi connectivity index (χ4n) is 2.03. The van der Waals surface area contributed by atoms with Gasteiger partial charge in [0, 0.05) is 17.7 Å². The molecular formula is C16H16ClNO5S. The molecule has 0 fully saturated rings. The van der Waals surface area contributed by atoms with Gasteiger partial charge in [0.25, 0.3) is 10.0 Å². The minimum Gasteiger partial charge on any atom is -0.495 e. The van der Waals surface area contributed by atoms with Gasteiger partial charge in [-0.3, -0.25) is 9.52 Å². The zero-order valence-electron chi connectivity index (χ0n) is 13.3. The van der Waals surface area contributed by atoms with E-state index in [0.717, 1.165) is 0 Å². The molecule has 0 saturated carbocycles. The molecule has 1 N–H and O–H groups in total. The van der Waals surface area contributed by atoms with Crippen LogP contribution in [0.5, 0.6) is 11.5 Å². The van der Waals surface area contributed by atoms with E-state index in [1.807, 2.05) is 0 Å². The number of carbonyl (C=O) groups is 1. The smallest absolute Gasteiger partial charge is 0.262 e. The van der Waals surface area contributed by atoms with Crippen molar-refractivity contribution >= 4 is 33.1 Å². The average molecular weight is 370 g/mol. The molecule has 6 nitrogen and oxygen atoms in total. The molecule has 2 aromatic carbocycles. The number of sulfonamides is 1. The van der Waals surface area contributed by atoms with Gasteiger partial charge < -0.3 is 9.47 Å². The van der Waals surface area contributed by atoms with E-state index in [2.05, 4.69) is 4.72 Å². The van der Waals surface area contributed by atoms with Crippen LogP contribution in [0.25, 0.3) is 0 Å². The van der Waals surface area contributed by atoms with Crippen molar-refractivity contribution in [1.82, 2.24) is 0 Å². The molecule has 0 aromatic heterocycles. The van der Waals surface area contributed by atoms with Gasteiger partial charge >= 0.3 is 0 Å². The number of ketones is 1. The molecule has 0 atom stereocenters. The van der Waals surface area contributed by atoms with Gasteiger partial charge in [-0.1, -0.05) is 23.7 Å². The number of Topliss-reactive ketones (excluding diaryl/α,β-unsaturated/α-hetero) is 1. The summed E-state index contributed by atoms with van der Waals surface area (Å²) >= 11 is 6.00. The summed E-state index contributed by atoms with van der Waals surface area (Å²) in [6, 6.07) is 8.63. The molecule has 0 unspecified atom stereocenters. The van der Waals surface area contributed by atoms with Gasteiger partial charge in [-0.05, 0) is 19.1 Å². The Morgan fingerprint density at radius 2 is 1.75 bits per heavy atom. The summed E-state index contributed by atoms with van der Waals surface area (Å²) in [5, 5.41) is 0.288. The Hall–Kier alpha value is -2.25. The van der Waals surface area contributed by atoms with E-state index in [0.29, 0.717) is 11.3 Å². The number of benzene rings is 2. The molecule has 8 heteroatoms. The first-order valence-corrected chi connectivity index (χ1v) is 8.70. The summed E-state index contributed by atoms with van der Waals surface area (Å²) in [5.41, 5.74) is 0.477. The number of ether oxygens (including phenoxy) is 2. The van der Waals surface area contributed by atoms with Crippen molar-refractivity contribution in [2.75, 3.05) is 18.9 Å². The van der Waals surface area contributed by atoms with Crippen LogP contribution in [0.1, 0.15) is 17.3 Å². The quantitative estimate of drug-likeness (QED) is 0.789. The molecule has 0 aliphatic carbocycles. The Bertz CT molecular complexity index is 880. The Kier molecular flexibility index (Phi) is 5.36. The van der Waals surface area contributed by atoms with Gasteiger partial charge in [-0.15, -0.1) is 0 Å². The Balaban J connectivity index is 2.46. The molecule has 0 saturated heterocycles. The second-order valence-corrected chi connectivity index (χ2v) is 6.97. The van der Waals surface area contributed by atoms with Crippen molar-refractivity contribution in [3.8, 4) is 11.5 Å². The molecule has 0 bridgehead atoms. The molecule has 0 amide bonds. The fraction of sp³-hybridized carbons (Fsp3) is 0.188. The van der Waals surface area contributed by atoms with Crippen molar-refractivity contribution in [1.29, 1.82) is 0 Å². The van der Waals surface area contributed by atoms with E-state index in [1.165, 1.54) is 51.5 Å². The van der Waals surface area contributed by atoms with E-state index in [4.69, 9.17) is 21.1 Å². The van der Waals surface area contributed by atoms with Crippen LogP contribution < -0.4 is 14.2 Å². The van der Waals surface area contributed by atoms with Gasteiger partial charge in [0.05, 0.1) is 29.8 Å². The number of halogens is 1. The lowest BCUT2D eigenvalue weighted by atomic mass is 10.2. The van der Waals surface area contributed by atoms with Crippen LogP contribution in [0.4, 0.5) is 5.69 Å². The third kappa shape index (κ3) is 3.80. The van der Waals surface area contributed by atoms with Crippen molar-refractivity contribution in [2.45, 2.75) is 11.8 Å². The van der Waals surface area contributed by atoms with Gasteiger partial charge in [-0.2, -0.15) is 0 Å². The molecular weight excluding hydrogens is 354 g/mol. The first-order chi connectivity index (χ1) is 11.3. The summed E-state index contributed by atoms with van der Waals surface area (Å²) in [4.78, 5) is 11.4. The number of hydrogen-bond acceptors (Lipinski definition) is 5. The molecule has 2 aromatic rings. The maximum Gasteiger partial charge on any atom is 0.262 e. The lowest BCUT2D eigenvalue weighted by Crippen LogP contribution is -2.14. The highest BCUT2D eigenvalue weighted by Gasteiger charge is 2.19. The van der Waals surface area contributed by atoms with Crippen LogP contribution in [0.15, 0.2) is 41.3 Å². The maximum absolute atomic E-state index is 12.6. The largest absolute Gasteiger partial charge is 0.495 e. The molecule has 0 aliphatic heterocycles. The maximum atomic E-state index is 12.6. The predicted molar refractivity (Wildman–Crippen MR) is 91.8 cm³/mol. The predicted octanol–water partition coefficient (Wildman–Crippen LogP) is 3.36. The summed E-state index contributed by atoms with van der Waals surface area (Å²) in [7, 11) is -1.11. The number of anilines is 1. The standard InChI is InChI=1S/C16H16ClNO5S/c1-10(19)11-5-4-6-12(7-11)24(20,21)18-14-9-15(22-2)13(17)8-16(14)23-3/h4-9,18H,1-3H3. The van der Waals surface area contributed by atoms with E-state index >= 15 is 0 Å². The molecule has 0 spiro atoms. The highest BCUT2D eigenvalue weighted by Crippen LogP contribution is 2.36. The lowest BCUT2D eigenvalue weighted by Gasteiger charge is -2.14. The highest BCUT2D eigenvalue weighted by molar-refractivity contribution is 7.92. The van der Waals surface area contributed by atoms with Crippen molar-refractivity contribution in [3.63, 3.8) is 0 Å². The van der Waals surface area contributed by atoms with E-state index < -0.39 is 10.0 Å². The summed E-state index contributed by atoms with van der Waals surface area (Å²) in [6.07, 6.45) is 0. The SMILES string of the molecule is COc1cc(NS(=O)(=O)c2cccc(C(C)=O)c2)c(OC)cc1Cl. The minimum atomic E-state index is -3.92. The lowest BCUT2D eigenvalue weighted by molar-refractivity contribution is 0.101. The van der Waals surface area contributed by atoms with E-state index in [1.54, 1.807) is 6.07 Å². The number of carbonyl (C=O) groups excluding carboxylic acids is 1. The Labute approximate surface area is 145 Å². The molecule has 0 radical (unpaired) electrons. The fourth-order valence-corrected chi connectivity index (χ4v) is 3.36. The molecule has 128 valence electrons. The Morgan fingerprint density at radius 3 is 2.33 bits per heavy atom. The van der Waals surface area contributed by atoms with Crippen molar-refractivity contribution in [3.05, 3.63) is 47.0 Å². The minimum absolute atomic E-state index is 0.0360. The summed E-state index contributed by atoms with van der Waals surface area (Å²) in [6.45, 7) is 1.37. The van der Waals surface area contributed by atoms with Crippen LogP contribution in [-0.4, -0.2) is 28.4 Å². The average Bonchev–Trinajstić information content (AvgIpc) is 2.55. The number of rotatable bonds is 6.